The summed E-state index contributed by atoms with van der Waals surface area (Å²) in [7, 11) is 1.80. The van der Waals surface area contributed by atoms with E-state index in [9.17, 15) is 9.59 Å². The van der Waals surface area contributed by atoms with Gasteiger partial charge in [0.05, 0.1) is 11.6 Å². The molecule has 0 fully saturated rings. The first kappa shape index (κ1) is 24.9. The maximum Gasteiger partial charge on any atom is 0.260 e. The van der Waals surface area contributed by atoms with Gasteiger partial charge in [0.25, 0.3) is 11.8 Å². The van der Waals surface area contributed by atoms with Crippen molar-refractivity contribution in [2.75, 3.05) is 33.4 Å². The summed E-state index contributed by atoms with van der Waals surface area (Å²) >= 11 is 5.94. The minimum Gasteiger partial charge on any atom is -0.491 e. The first-order chi connectivity index (χ1) is 15.8. The SMILES string of the molecule is CC(C)C[C@H]1COc2ccccc2C(=O)N(C)CCCCN1C(=O)COc1ccc(Cl)cc1. The molecule has 1 atom stereocenters. The molecule has 2 amide bonds. The highest BCUT2D eigenvalue weighted by molar-refractivity contribution is 6.30. The minimum atomic E-state index is -0.119. The van der Waals surface area contributed by atoms with Crippen LogP contribution in [0.15, 0.2) is 48.5 Å². The van der Waals surface area contributed by atoms with Crippen LogP contribution in [0, 0.1) is 5.92 Å². The van der Waals surface area contributed by atoms with Crippen molar-refractivity contribution in [3.63, 3.8) is 0 Å². The number of carbonyl (C=O) groups is 2. The highest BCUT2D eigenvalue weighted by Gasteiger charge is 2.27. The van der Waals surface area contributed by atoms with E-state index in [2.05, 4.69) is 13.8 Å². The molecule has 0 saturated carbocycles. The maximum atomic E-state index is 13.3. The standard InChI is InChI=1S/C26H33ClN2O4/c1-19(2)16-21-17-33-24-9-5-4-8-23(24)26(31)28(3)14-6-7-15-29(21)25(30)18-32-22-12-10-20(27)11-13-22/h4-5,8-13,19,21H,6-7,14-18H2,1-3H3/t21-/m0/s1. The van der Waals surface area contributed by atoms with Crippen LogP contribution < -0.4 is 9.47 Å². The van der Waals surface area contributed by atoms with Gasteiger partial charge in [0.2, 0.25) is 0 Å². The van der Waals surface area contributed by atoms with Gasteiger partial charge in [-0.05, 0) is 61.6 Å². The Bertz CT molecular complexity index is 932. The summed E-state index contributed by atoms with van der Waals surface area (Å²) < 4.78 is 11.9. The molecule has 0 aromatic heterocycles. The summed E-state index contributed by atoms with van der Waals surface area (Å²) in [5.41, 5.74) is 0.549. The molecule has 2 aromatic carbocycles. The Labute approximate surface area is 201 Å². The second-order valence-corrected chi connectivity index (χ2v) is 9.29. The number of rotatable bonds is 5. The lowest BCUT2D eigenvalue weighted by molar-refractivity contribution is -0.137. The van der Waals surface area contributed by atoms with Crippen LogP contribution in [0.25, 0.3) is 0 Å². The fraction of sp³-hybridized carbons (Fsp3) is 0.462. The van der Waals surface area contributed by atoms with Crippen LogP contribution >= 0.6 is 11.6 Å². The number of hydrogen-bond acceptors (Lipinski definition) is 4. The lowest BCUT2D eigenvalue weighted by Gasteiger charge is -2.34. The third-order valence-electron chi connectivity index (χ3n) is 5.72. The highest BCUT2D eigenvalue weighted by Crippen LogP contribution is 2.23. The molecule has 6 nitrogen and oxygen atoms in total. The van der Waals surface area contributed by atoms with E-state index in [1.807, 2.05) is 23.1 Å². The summed E-state index contributed by atoms with van der Waals surface area (Å²) in [5.74, 6) is 1.41. The van der Waals surface area contributed by atoms with Crippen LogP contribution in [0.5, 0.6) is 11.5 Å². The second kappa shape index (κ2) is 11.9. The van der Waals surface area contributed by atoms with Gasteiger partial charge in [0.15, 0.2) is 6.61 Å². The van der Waals surface area contributed by atoms with E-state index >= 15 is 0 Å². The Kier molecular flexibility index (Phi) is 9.01. The Morgan fingerprint density at radius 1 is 1.12 bits per heavy atom. The zero-order valence-corrected chi connectivity index (χ0v) is 20.4. The van der Waals surface area contributed by atoms with E-state index in [1.54, 1.807) is 42.3 Å². The molecule has 0 aliphatic carbocycles. The molecule has 1 aliphatic rings. The van der Waals surface area contributed by atoms with Crippen molar-refractivity contribution >= 4 is 23.4 Å². The van der Waals surface area contributed by atoms with Crippen molar-refractivity contribution in [2.24, 2.45) is 5.92 Å². The number of amides is 2. The molecule has 1 heterocycles. The summed E-state index contributed by atoms with van der Waals surface area (Å²) in [5, 5.41) is 0.620. The molecule has 0 N–H and O–H groups in total. The van der Waals surface area contributed by atoms with Gasteiger partial charge in [-0.15, -0.1) is 0 Å². The molecule has 2 aromatic rings. The van der Waals surface area contributed by atoms with Crippen LogP contribution in [0.4, 0.5) is 0 Å². The van der Waals surface area contributed by atoms with Gasteiger partial charge in [-0.2, -0.15) is 0 Å². The molecule has 0 radical (unpaired) electrons. The number of nitrogens with zero attached hydrogens (tertiary/aromatic N) is 2. The average Bonchev–Trinajstić information content (AvgIpc) is 2.80. The van der Waals surface area contributed by atoms with Crippen LogP contribution in [0.1, 0.15) is 43.5 Å². The molecular weight excluding hydrogens is 440 g/mol. The lowest BCUT2D eigenvalue weighted by Crippen LogP contribution is -2.47. The van der Waals surface area contributed by atoms with Gasteiger partial charge < -0.3 is 19.3 Å². The smallest absolute Gasteiger partial charge is 0.260 e. The van der Waals surface area contributed by atoms with Crippen molar-refractivity contribution in [1.82, 2.24) is 9.80 Å². The molecule has 0 unspecified atom stereocenters. The predicted molar refractivity (Wildman–Crippen MR) is 130 cm³/mol. The molecular formula is C26H33ClN2O4. The van der Waals surface area contributed by atoms with Crippen molar-refractivity contribution in [2.45, 2.75) is 39.2 Å². The monoisotopic (exact) mass is 472 g/mol. The highest BCUT2D eigenvalue weighted by atomic mass is 35.5. The Hall–Kier alpha value is -2.73. The largest absolute Gasteiger partial charge is 0.491 e. The van der Waals surface area contributed by atoms with E-state index in [1.165, 1.54) is 0 Å². The third-order valence-corrected chi connectivity index (χ3v) is 5.97. The zero-order chi connectivity index (χ0) is 23.8. The molecule has 7 heteroatoms. The fourth-order valence-electron chi connectivity index (χ4n) is 3.99. The Morgan fingerprint density at radius 2 is 1.82 bits per heavy atom. The Morgan fingerprint density at radius 3 is 2.55 bits per heavy atom. The van der Waals surface area contributed by atoms with Crippen molar-refractivity contribution in [3.05, 3.63) is 59.1 Å². The van der Waals surface area contributed by atoms with E-state index in [0.29, 0.717) is 47.7 Å². The summed E-state index contributed by atoms with van der Waals surface area (Å²) in [4.78, 5) is 29.8. The number of carbonyl (C=O) groups excluding carboxylic acids is 2. The maximum absolute atomic E-state index is 13.3. The van der Waals surface area contributed by atoms with Gasteiger partial charge in [-0.3, -0.25) is 9.59 Å². The van der Waals surface area contributed by atoms with E-state index in [-0.39, 0.29) is 24.5 Å². The predicted octanol–water partition coefficient (Wildman–Crippen LogP) is 4.91. The number of ether oxygens (including phenoxy) is 2. The van der Waals surface area contributed by atoms with E-state index in [0.717, 1.165) is 19.3 Å². The van der Waals surface area contributed by atoms with Gasteiger partial charge in [0.1, 0.15) is 18.1 Å². The Balaban J connectivity index is 1.80. The van der Waals surface area contributed by atoms with Crippen molar-refractivity contribution in [1.29, 1.82) is 0 Å². The zero-order valence-electron chi connectivity index (χ0n) is 19.6. The molecule has 0 bridgehead atoms. The summed E-state index contributed by atoms with van der Waals surface area (Å²) in [6.45, 7) is 5.74. The number of hydrogen-bond donors (Lipinski definition) is 0. The van der Waals surface area contributed by atoms with Crippen LogP contribution in [-0.4, -0.2) is 61.0 Å². The van der Waals surface area contributed by atoms with Crippen LogP contribution in [0.3, 0.4) is 0 Å². The van der Waals surface area contributed by atoms with Gasteiger partial charge in [-0.1, -0.05) is 37.6 Å². The number of para-hydroxylation sites is 1. The third kappa shape index (κ3) is 7.13. The quantitative estimate of drug-likeness (QED) is 0.620. The van der Waals surface area contributed by atoms with Crippen molar-refractivity contribution in [3.8, 4) is 11.5 Å². The minimum absolute atomic E-state index is 0.0455. The topological polar surface area (TPSA) is 59.1 Å². The van der Waals surface area contributed by atoms with E-state index in [4.69, 9.17) is 21.1 Å². The number of benzene rings is 2. The number of fused-ring (bicyclic) bond motifs is 1. The second-order valence-electron chi connectivity index (χ2n) is 8.85. The lowest BCUT2D eigenvalue weighted by atomic mass is 10.0. The van der Waals surface area contributed by atoms with Gasteiger partial charge >= 0.3 is 0 Å². The molecule has 33 heavy (non-hydrogen) atoms. The van der Waals surface area contributed by atoms with Gasteiger partial charge in [-0.25, -0.2) is 0 Å². The van der Waals surface area contributed by atoms with Crippen molar-refractivity contribution < 1.29 is 19.1 Å². The normalized spacial score (nSPS) is 17.6. The van der Waals surface area contributed by atoms with E-state index < -0.39 is 0 Å². The fourth-order valence-corrected chi connectivity index (χ4v) is 4.12. The molecule has 0 spiro atoms. The molecule has 0 saturated heterocycles. The first-order valence-electron chi connectivity index (χ1n) is 11.5. The molecule has 178 valence electrons. The summed E-state index contributed by atoms with van der Waals surface area (Å²) in [6.07, 6.45) is 2.39. The van der Waals surface area contributed by atoms with Crippen LogP contribution in [-0.2, 0) is 4.79 Å². The molecule has 3 rings (SSSR count). The molecule has 1 aliphatic heterocycles. The van der Waals surface area contributed by atoms with Crippen LogP contribution in [0.2, 0.25) is 5.02 Å². The first-order valence-corrected chi connectivity index (χ1v) is 11.9. The number of halogens is 1. The average molecular weight is 473 g/mol. The van der Waals surface area contributed by atoms with Gasteiger partial charge in [0, 0.05) is 25.2 Å². The summed E-state index contributed by atoms with van der Waals surface area (Å²) in [6, 6.07) is 14.2.